The Hall–Kier alpha value is -2.03. The SMILES string of the molecule is N#CC1CC(=O)N(Cc2ccc(C(F)(F)F)cc2)C1. The number of halogens is 3. The summed E-state index contributed by atoms with van der Waals surface area (Å²) in [6.45, 7) is 0.589. The van der Waals surface area contributed by atoms with Crippen molar-refractivity contribution >= 4 is 5.91 Å². The first-order valence-corrected chi connectivity index (χ1v) is 5.73. The summed E-state index contributed by atoms with van der Waals surface area (Å²) in [5, 5.41) is 8.74. The second-order valence-corrected chi connectivity index (χ2v) is 4.50. The van der Waals surface area contributed by atoms with Gasteiger partial charge in [-0.15, -0.1) is 0 Å². The van der Waals surface area contributed by atoms with E-state index < -0.39 is 11.7 Å². The molecular weight excluding hydrogens is 257 g/mol. The highest BCUT2D eigenvalue weighted by Crippen LogP contribution is 2.29. The smallest absolute Gasteiger partial charge is 0.337 e. The van der Waals surface area contributed by atoms with Crippen LogP contribution in [0.15, 0.2) is 24.3 Å². The van der Waals surface area contributed by atoms with Gasteiger partial charge in [0.2, 0.25) is 5.91 Å². The molecule has 0 saturated carbocycles. The highest BCUT2D eigenvalue weighted by atomic mass is 19.4. The first-order chi connectivity index (χ1) is 8.90. The molecule has 2 rings (SSSR count). The number of hydrogen-bond acceptors (Lipinski definition) is 2. The lowest BCUT2D eigenvalue weighted by atomic mass is 10.1. The van der Waals surface area contributed by atoms with Crippen LogP contribution >= 0.6 is 0 Å². The zero-order chi connectivity index (χ0) is 14.0. The quantitative estimate of drug-likeness (QED) is 0.827. The van der Waals surface area contributed by atoms with Crippen molar-refractivity contribution in [2.45, 2.75) is 19.1 Å². The van der Waals surface area contributed by atoms with Crippen molar-refractivity contribution in [2.24, 2.45) is 5.92 Å². The number of nitriles is 1. The third kappa shape index (κ3) is 3.05. The van der Waals surface area contributed by atoms with Crippen LogP contribution in [-0.2, 0) is 17.5 Å². The van der Waals surface area contributed by atoms with Crippen molar-refractivity contribution in [3.05, 3.63) is 35.4 Å². The minimum atomic E-state index is -4.35. The van der Waals surface area contributed by atoms with Gasteiger partial charge in [-0.25, -0.2) is 0 Å². The van der Waals surface area contributed by atoms with Crippen LogP contribution in [0.4, 0.5) is 13.2 Å². The van der Waals surface area contributed by atoms with Gasteiger partial charge in [-0.05, 0) is 17.7 Å². The molecule has 1 unspecified atom stereocenters. The summed E-state index contributed by atoms with van der Waals surface area (Å²) in [5.41, 5.74) is -0.0844. The van der Waals surface area contributed by atoms with Gasteiger partial charge >= 0.3 is 6.18 Å². The van der Waals surface area contributed by atoms with Crippen LogP contribution in [-0.4, -0.2) is 17.4 Å². The Labute approximate surface area is 108 Å². The molecule has 3 nitrogen and oxygen atoms in total. The van der Waals surface area contributed by atoms with Crippen LogP contribution in [0.2, 0.25) is 0 Å². The van der Waals surface area contributed by atoms with Crippen molar-refractivity contribution in [1.82, 2.24) is 4.90 Å². The third-order valence-electron chi connectivity index (χ3n) is 3.05. The number of likely N-dealkylation sites (tertiary alicyclic amines) is 1. The number of amides is 1. The monoisotopic (exact) mass is 268 g/mol. The highest BCUT2D eigenvalue weighted by Gasteiger charge is 2.31. The molecule has 1 saturated heterocycles. The molecule has 1 aromatic carbocycles. The molecule has 1 aliphatic heterocycles. The van der Waals surface area contributed by atoms with Crippen LogP contribution in [0.1, 0.15) is 17.5 Å². The van der Waals surface area contributed by atoms with Gasteiger partial charge in [0, 0.05) is 19.5 Å². The Bertz CT molecular complexity index is 516. The predicted molar refractivity (Wildman–Crippen MR) is 60.6 cm³/mol. The number of alkyl halides is 3. The molecule has 1 fully saturated rings. The molecule has 1 aromatic rings. The molecule has 6 heteroatoms. The van der Waals surface area contributed by atoms with E-state index in [2.05, 4.69) is 0 Å². The average molecular weight is 268 g/mol. The van der Waals surface area contributed by atoms with Gasteiger partial charge in [0.15, 0.2) is 0 Å². The average Bonchev–Trinajstić information content (AvgIpc) is 2.70. The lowest BCUT2D eigenvalue weighted by Crippen LogP contribution is -2.24. The summed E-state index contributed by atoms with van der Waals surface area (Å²) in [6.07, 6.45) is -4.16. The molecule has 1 aliphatic rings. The van der Waals surface area contributed by atoms with E-state index in [9.17, 15) is 18.0 Å². The standard InChI is InChI=1S/C13H11F3N2O/c14-13(15,16)11-3-1-9(2-4-11)7-18-8-10(6-17)5-12(18)19/h1-4,10H,5,7-8H2. The Kier molecular flexibility index (Phi) is 3.47. The normalized spacial score (nSPS) is 19.6. The van der Waals surface area contributed by atoms with Crippen molar-refractivity contribution in [3.63, 3.8) is 0 Å². The number of rotatable bonds is 2. The van der Waals surface area contributed by atoms with Gasteiger partial charge in [-0.3, -0.25) is 4.79 Å². The highest BCUT2D eigenvalue weighted by molar-refractivity contribution is 5.79. The van der Waals surface area contributed by atoms with Crippen molar-refractivity contribution < 1.29 is 18.0 Å². The molecule has 0 radical (unpaired) electrons. The van der Waals surface area contributed by atoms with Crippen molar-refractivity contribution in [3.8, 4) is 6.07 Å². The second kappa shape index (κ2) is 4.92. The van der Waals surface area contributed by atoms with Gasteiger partial charge in [-0.1, -0.05) is 12.1 Å². The summed E-state index contributed by atoms with van der Waals surface area (Å²) in [5.74, 6) is -0.451. The number of benzene rings is 1. The maximum atomic E-state index is 12.4. The second-order valence-electron chi connectivity index (χ2n) is 4.50. The molecule has 19 heavy (non-hydrogen) atoms. The summed E-state index contributed by atoms with van der Waals surface area (Å²) in [7, 11) is 0. The van der Waals surface area contributed by atoms with Crippen LogP contribution in [0.3, 0.4) is 0 Å². The van der Waals surface area contributed by atoms with Crippen molar-refractivity contribution in [1.29, 1.82) is 5.26 Å². The fourth-order valence-electron chi connectivity index (χ4n) is 2.03. The zero-order valence-corrected chi connectivity index (χ0v) is 9.94. The Morgan fingerprint density at radius 2 is 1.95 bits per heavy atom. The summed E-state index contributed by atoms with van der Waals surface area (Å²) in [6, 6.07) is 6.74. The molecule has 0 aromatic heterocycles. The van der Waals surface area contributed by atoms with Gasteiger partial charge < -0.3 is 4.90 Å². The van der Waals surface area contributed by atoms with E-state index in [1.54, 1.807) is 0 Å². The molecule has 1 amide bonds. The van der Waals surface area contributed by atoms with Crippen LogP contribution < -0.4 is 0 Å². The fraction of sp³-hybridized carbons (Fsp3) is 0.385. The number of carbonyl (C=O) groups is 1. The topological polar surface area (TPSA) is 44.1 Å². The molecule has 0 N–H and O–H groups in total. The molecule has 1 heterocycles. The lowest BCUT2D eigenvalue weighted by Gasteiger charge is -2.16. The summed E-state index contributed by atoms with van der Waals surface area (Å²) >= 11 is 0. The van der Waals surface area contributed by atoms with E-state index in [1.165, 1.54) is 17.0 Å². The van der Waals surface area contributed by atoms with Crippen molar-refractivity contribution in [2.75, 3.05) is 6.54 Å². The van der Waals surface area contributed by atoms with E-state index in [0.29, 0.717) is 12.1 Å². The molecule has 100 valence electrons. The Morgan fingerprint density at radius 1 is 1.32 bits per heavy atom. The van der Waals surface area contributed by atoms with E-state index in [1.807, 2.05) is 6.07 Å². The van der Waals surface area contributed by atoms with Gasteiger partial charge in [0.05, 0.1) is 17.6 Å². The minimum Gasteiger partial charge on any atom is -0.337 e. The molecule has 0 spiro atoms. The summed E-state index contributed by atoms with van der Waals surface area (Å²) < 4.78 is 37.1. The third-order valence-corrected chi connectivity index (χ3v) is 3.05. The van der Waals surface area contributed by atoms with Gasteiger partial charge in [0.1, 0.15) is 0 Å². The number of carbonyl (C=O) groups excluding carboxylic acids is 1. The Morgan fingerprint density at radius 3 is 2.42 bits per heavy atom. The largest absolute Gasteiger partial charge is 0.416 e. The molecule has 0 bridgehead atoms. The van der Waals surface area contributed by atoms with E-state index in [4.69, 9.17) is 5.26 Å². The maximum absolute atomic E-state index is 12.4. The first-order valence-electron chi connectivity index (χ1n) is 5.73. The predicted octanol–water partition coefficient (Wildman–Crippen LogP) is 2.58. The lowest BCUT2D eigenvalue weighted by molar-refractivity contribution is -0.137. The summed E-state index contributed by atoms with van der Waals surface area (Å²) in [4.78, 5) is 13.1. The maximum Gasteiger partial charge on any atom is 0.416 e. The number of nitrogens with zero attached hydrogens (tertiary/aromatic N) is 2. The molecule has 0 aliphatic carbocycles. The van der Waals surface area contributed by atoms with E-state index in [-0.39, 0.29) is 24.8 Å². The van der Waals surface area contributed by atoms with Crippen LogP contribution in [0.25, 0.3) is 0 Å². The van der Waals surface area contributed by atoms with Crippen LogP contribution in [0.5, 0.6) is 0 Å². The molecular formula is C13H11F3N2O. The van der Waals surface area contributed by atoms with Gasteiger partial charge in [-0.2, -0.15) is 18.4 Å². The minimum absolute atomic E-state index is 0.133. The van der Waals surface area contributed by atoms with E-state index in [0.717, 1.165) is 12.1 Å². The Balaban J connectivity index is 2.05. The first kappa shape index (κ1) is 13.4. The number of hydrogen-bond donors (Lipinski definition) is 0. The molecule has 1 atom stereocenters. The fourth-order valence-corrected chi connectivity index (χ4v) is 2.03. The van der Waals surface area contributed by atoms with Gasteiger partial charge in [0.25, 0.3) is 0 Å². The zero-order valence-electron chi connectivity index (χ0n) is 9.94. The van der Waals surface area contributed by atoms with E-state index >= 15 is 0 Å². The van der Waals surface area contributed by atoms with Crippen LogP contribution in [0, 0.1) is 17.2 Å².